The lowest BCUT2D eigenvalue weighted by Gasteiger charge is -2.34. The Balaban J connectivity index is 2.68. The van der Waals surface area contributed by atoms with Gasteiger partial charge in [-0.2, -0.15) is 26.3 Å². The molecule has 0 radical (unpaired) electrons. The second-order valence-corrected chi connectivity index (χ2v) is 4.90. The van der Waals surface area contributed by atoms with Gasteiger partial charge in [0.05, 0.1) is 6.42 Å². The molecule has 1 aromatic carbocycles. The zero-order chi connectivity index (χ0) is 16.2. The van der Waals surface area contributed by atoms with Gasteiger partial charge in [0.2, 0.25) is 0 Å². The van der Waals surface area contributed by atoms with Crippen molar-refractivity contribution in [3.05, 3.63) is 34.9 Å². The summed E-state index contributed by atoms with van der Waals surface area (Å²) in [6, 6.07) is 1.95. The number of hydrogen-bond acceptors (Lipinski definition) is 2. The predicted molar refractivity (Wildman–Crippen MR) is 59.2 cm³/mol. The first-order chi connectivity index (χ1) is 9.39. The lowest BCUT2D eigenvalue weighted by Crippen LogP contribution is -2.51. The average Bonchev–Trinajstić information content (AvgIpc) is 2.61. The third-order valence-electron chi connectivity index (χ3n) is 3.65. The molecule has 8 heteroatoms. The lowest BCUT2D eigenvalue weighted by molar-refractivity contribution is -0.297. The first-order valence-corrected chi connectivity index (χ1v) is 5.74. The third kappa shape index (κ3) is 2.13. The maximum absolute atomic E-state index is 12.9. The molecule has 1 aliphatic carbocycles. The van der Waals surface area contributed by atoms with Crippen molar-refractivity contribution < 1.29 is 35.9 Å². The summed E-state index contributed by atoms with van der Waals surface area (Å²) < 4.78 is 77.6. The van der Waals surface area contributed by atoms with Gasteiger partial charge in [0.25, 0.3) is 0 Å². The van der Waals surface area contributed by atoms with Gasteiger partial charge in [-0.25, -0.2) is 0 Å². The topological polar surface area (TPSA) is 34.1 Å². The number of fused-ring (bicyclic) bond motifs is 1. The van der Waals surface area contributed by atoms with Crippen molar-refractivity contribution in [3.63, 3.8) is 0 Å². The molecule has 0 amide bonds. The Morgan fingerprint density at radius 3 is 1.81 bits per heavy atom. The van der Waals surface area contributed by atoms with Gasteiger partial charge in [0, 0.05) is 11.1 Å². The summed E-state index contributed by atoms with van der Waals surface area (Å²) in [5.41, 5.74) is -5.75. The van der Waals surface area contributed by atoms with Crippen molar-refractivity contribution in [2.24, 2.45) is 0 Å². The summed E-state index contributed by atoms with van der Waals surface area (Å²) >= 11 is 0. The molecule has 0 N–H and O–H groups in total. The summed E-state index contributed by atoms with van der Waals surface area (Å²) in [4.78, 5) is 22.8. The van der Waals surface area contributed by atoms with E-state index in [1.165, 1.54) is 0 Å². The Hall–Kier alpha value is -1.86. The van der Waals surface area contributed by atoms with E-state index in [0.717, 1.165) is 6.07 Å². The molecular weight excluding hydrogens is 302 g/mol. The summed E-state index contributed by atoms with van der Waals surface area (Å²) in [6.45, 7) is 0.00990. The second kappa shape index (κ2) is 4.32. The van der Waals surface area contributed by atoms with Gasteiger partial charge in [-0.3, -0.25) is 9.59 Å². The van der Waals surface area contributed by atoms with Crippen LogP contribution in [0.2, 0.25) is 0 Å². The van der Waals surface area contributed by atoms with E-state index in [4.69, 9.17) is 0 Å². The third-order valence-corrected chi connectivity index (χ3v) is 3.65. The van der Waals surface area contributed by atoms with Crippen LogP contribution in [-0.2, 0) is 5.41 Å². The Morgan fingerprint density at radius 2 is 1.33 bits per heavy atom. The molecule has 0 spiro atoms. The van der Waals surface area contributed by atoms with Crippen LogP contribution in [0.1, 0.15) is 39.6 Å². The average molecular weight is 310 g/mol. The zero-order valence-corrected chi connectivity index (χ0v) is 10.5. The van der Waals surface area contributed by atoms with Gasteiger partial charge in [-0.05, 0) is 18.6 Å². The number of halogens is 6. The molecule has 0 fully saturated rings. The second-order valence-electron chi connectivity index (χ2n) is 4.90. The fourth-order valence-electron chi connectivity index (χ4n) is 2.15. The van der Waals surface area contributed by atoms with E-state index in [0.29, 0.717) is 12.1 Å². The van der Waals surface area contributed by atoms with E-state index in [1.807, 2.05) is 0 Å². The highest BCUT2D eigenvalue weighted by molar-refractivity contribution is 6.24. The largest absolute Gasteiger partial charge is 0.406 e. The molecule has 0 saturated heterocycles. The maximum atomic E-state index is 12.9. The number of benzene rings is 1. The highest BCUT2D eigenvalue weighted by atomic mass is 19.4. The molecule has 0 heterocycles. The predicted octanol–water partition coefficient (Wildman–Crippen LogP) is 3.84. The minimum Gasteiger partial charge on any atom is -0.294 e. The number of rotatable bonds is 1. The molecule has 0 aliphatic heterocycles. The van der Waals surface area contributed by atoms with Crippen LogP contribution >= 0.6 is 0 Å². The Labute approximate surface area is 114 Å². The summed E-state index contributed by atoms with van der Waals surface area (Å²) in [7, 11) is 0. The SMILES string of the molecule is CC(c1ccc2c(c1)C(=O)CC2=O)(C(F)(F)F)C(F)(F)F. The molecule has 2 nitrogen and oxygen atoms in total. The number of alkyl halides is 6. The molecule has 2 rings (SSSR count). The molecule has 0 unspecified atom stereocenters. The smallest absolute Gasteiger partial charge is 0.294 e. The van der Waals surface area contributed by atoms with Crippen LogP contribution in [0.4, 0.5) is 26.3 Å². The van der Waals surface area contributed by atoms with Gasteiger partial charge < -0.3 is 0 Å². The molecular formula is C13H8F6O2. The van der Waals surface area contributed by atoms with E-state index in [2.05, 4.69) is 0 Å². The number of ketones is 2. The van der Waals surface area contributed by atoms with Crippen LogP contribution in [0.15, 0.2) is 18.2 Å². The number of carbonyl (C=O) groups excluding carboxylic acids is 2. The Kier molecular flexibility index (Phi) is 3.19. The molecule has 0 bridgehead atoms. The van der Waals surface area contributed by atoms with Crippen LogP contribution < -0.4 is 0 Å². The van der Waals surface area contributed by atoms with Crippen molar-refractivity contribution >= 4 is 11.6 Å². The van der Waals surface area contributed by atoms with Gasteiger partial charge in [0.1, 0.15) is 0 Å². The Morgan fingerprint density at radius 1 is 0.857 bits per heavy atom. The molecule has 1 aliphatic rings. The minimum absolute atomic E-state index is 0.00990. The van der Waals surface area contributed by atoms with Crippen LogP contribution in [0, 0.1) is 0 Å². The van der Waals surface area contributed by atoms with E-state index in [-0.39, 0.29) is 12.5 Å². The van der Waals surface area contributed by atoms with Gasteiger partial charge in [-0.15, -0.1) is 0 Å². The first kappa shape index (κ1) is 15.5. The fraction of sp³-hybridized carbons (Fsp3) is 0.385. The quantitative estimate of drug-likeness (QED) is 0.583. The molecule has 0 atom stereocenters. The fourth-order valence-corrected chi connectivity index (χ4v) is 2.15. The summed E-state index contributed by atoms with van der Waals surface area (Å²) in [5, 5.41) is 0. The first-order valence-electron chi connectivity index (χ1n) is 5.74. The number of Topliss-reactive ketones (excluding diaryl/α,β-unsaturated/α-hetero) is 2. The highest BCUT2D eigenvalue weighted by Crippen LogP contribution is 2.52. The van der Waals surface area contributed by atoms with Crippen molar-refractivity contribution in [1.82, 2.24) is 0 Å². The number of carbonyl (C=O) groups is 2. The van der Waals surface area contributed by atoms with Gasteiger partial charge >= 0.3 is 12.4 Å². The van der Waals surface area contributed by atoms with E-state index >= 15 is 0 Å². The van der Waals surface area contributed by atoms with Crippen molar-refractivity contribution in [2.45, 2.75) is 31.1 Å². The maximum Gasteiger partial charge on any atom is 0.406 e. The Bertz CT molecular complexity index is 613. The normalized spacial score (nSPS) is 16.3. The van der Waals surface area contributed by atoms with Crippen LogP contribution in [-0.4, -0.2) is 23.9 Å². The number of hydrogen-bond donors (Lipinski definition) is 0. The lowest BCUT2D eigenvalue weighted by atomic mass is 9.80. The van der Waals surface area contributed by atoms with E-state index < -0.39 is 46.9 Å². The van der Waals surface area contributed by atoms with Crippen molar-refractivity contribution in [2.75, 3.05) is 0 Å². The summed E-state index contributed by atoms with van der Waals surface area (Å²) in [6.07, 6.45) is -11.7. The van der Waals surface area contributed by atoms with Crippen molar-refractivity contribution in [1.29, 1.82) is 0 Å². The zero-order valence-electron chi connectivity index (χ0n) is 10.5. The van der Waals surface area contributed by atoms with Crippen LogP contribution in [0.5, 0.6) is 0 Å². The van der Waals surface area contributed by atoms with E-state index in [9.17, 15) is 35.9 Å². The molecule has 114 valence electrons. The standard InChI is InChI=1S/C13H8F6O2/c1-11(12(14,15)16,13(17,18)19)6-2-3-7-8(4-6)10(21)5-9(7)20/h2-4H,5H2,1H3. The highest BCUT2D eigenvalue weighted by Gasteiger charge is 2.68. The van der Waals surface area contributed by atoms with Crippen LogP contribution in [0.25, 0.3) is 0 Å². The minimum atomic E-state index is -5.59. The molecule has 0 aromatic heterocycles. The van der Waals surface area contributed by atoms with E-state index in [1.54, 1.807) is 0 Å². The monoisotopic (exact) mass is 310 g/mol. The van der Waals surface area contributed by atoms with Gasteiger partial charge in [0.15, 0.2) is 17.0 Å². The molecule has 21 heavy (non-hydrogen) atoms. The molecule has 1 aromatic rings. The van der Waals surface area contributed by atoms with Crippen LogP contribution in [0.3, 0.4) is 0 Å². The van der Waals surface area contributed by atoms with Gasteiger partial charge in [-0.1, -0.05) is 12.1 Å². The summed E-state index contributed by atoms with van der Waals surface area (Å²) in [5.74, 6) is -1.38. The van der Waals surface area contributed by atoms with Crippen molar-refractivity contribution in [3.8, 4) is 0 Å². The molecule has 0 saturated carbocycles.